The van der Waals surface area contributed by atoms with Crippen LogP contribution in [0.2, 0.25) is 0 Å². The maximum Gasteiger partial charge on any atom is 0.0511 e. The highest BCUT2D eigenvalue weighted by molar-refractivity contribution is 9.10. The van der Waals surface area contributed by atoms with Crippen molar-refractivity contribution in [1.82, 2.24) is 5.43 Å². The number of rotatable bonds is 5. The van der Waals surface area contributed by atoms with Crippen molar-refractivity contribution >= 4 is 27.3 Å². The van der Waals surface area contributed by atoms with Gasteiger partial charge >= 0.3 is 0 Å². The van der Waals surface area contributed by atoms with Crippen LogP contribution in [0.1, 0.15) is 29.0 Å². The average molecular weight is 325 g/mol. The van der Waals surface area contributed by atoms with Gasteiger partial charge in [0, 0.05) is 15.8 Å². The molecular formula is C14H17BrN2S. The fourth-order valence-corrected chi connectivity index (χ4v) is 3.67. The monoisotopic (exact) mass is 324 g/mol. The first-order chi connectivity index (χ1) is 8.76. The minimum atomic E-state index is 0.163. The van der Waals surface area contributed by atoms with E-state index in [4.69, 9.17) is 5.84 Å². The second-order valence-corrected chi connectivity index (χ2v) is 6.02. The molecule has 1 atom stereocenters. The maximum atomic E-state index is 5.73. The summed E-state index contributed by atoms with van der Waals surface area (Å²) in [6, 6.07) is 10.7. The summed E-state index contributed by atoms with van der Waals surface area (Å²) >= 11 is 5.33. The van der Waals surface area contributed by atoms with Crippen LogP contribution in [0.15, 0.2) is 40.2 Å². The zero-order chi connectivity index (χ0) is 13.0. The molecule has 0 radical (unpaired) electrons. The molecule has 3 N–H and O–H groups in total. The largest absolute Gasteiger partial charge is 0.271 e. The standard InChI is InChI=1S/C14H17BrN2S/c1-2-10-5-3-4-6-11(10)13(17-16)9-14-12(15)7-8-18-14/h3-8,13,17H,2,9,16H2,1H3. The second-order valence-electron chi connectivity index (χ2n) is 4.17. The van der Waals surface area contributed by atoms with Gasteiger partial charge in [0.05, 0.1) is 6.04 Å². The van der Waals surface area contributed by atoms with Crippen LogP contribution >= 0.6 is 27.3 Å². The third-order valence-corrected chi connectivity index (χ3v) is 5.04. The van der Waals surface area contributed by atoms with Gasteiger partial charge in [-0.15, -0.1) is 11.3 Å². The molecule has 1 aromatic heterocycles. The summed E-state index contributed by atoms with van der Waals surface area (Å²) < 4.78 is 1.17. The van der Waals surface area contributed by atoms with Gasteiger partial charge in [0.25, 0.3) is 0 Å². The topological polar surface area (TPSA) is 38.0 Å². The van der Waals surface area contributed by atoms with Gasteiger partial charge in [0.1, 0.15) is 0 Å². The first-order valence-electron chi connectivity index (χ1n) is 6.02. The molecule has 1 aromatic carbocycles. The van der Waals surface area contributed by atoms with Crippen molar-refractivity contribution in [3.05, 3.63) is 56.2 Å². The van der Waals surface area contributed by atoms with Crippen LogP contribution in [0.4, 0.5) is 0 Å². The molecule has 96 valence electrons. The third kappa shape index (κ3) is 3.01. The average Bonchev–Trinajstić information content (AvgIpc) is 2.81. The number of hydrazine groups is 1. The Hall–Kier alpha value is -0.680. The lowest BCUT2D eigenvalue weighted by atomic mass is 9.96. The lowest BCUT2D eigenvalue weighted by Gasteiger charge is -2.19. The number of hydrogen-bond donors (Lipinski definition) is 2. The van der Waals surface area contributed by atoms with Gasteiger partial charge in [0.15, 0.2) is 0 Å². The molecule has 2 nitrogen and oxygen atoms in total. The Bertz CT molecular complexity index is 510. The van der Waals surface area contributed by atoms with E-state index in [0.717, 1.165) is 12.8 Å². The number of nitrogens with one attached hydrogen (secondary N) is 1. The number of hydrogen-bond acceptors (Lipinski definition) is 3. The van der Waals surface area contributed by atoms with Crippen LogP contribution in [0, 0.1) is 0 Å². The molecule has 1 heterocycles. The SMILES string of the molecule is CCc1ccccc1C(Cc1sccc1Br)NN. The van der Waals surface area contributed by atoms with Crippen molar-refractivity contribution < 1.29 is 0 Å². The van der Waals surface area contributed by atoms with Crippen LogP contribution in [-0.4, -0.2) is 0 Å². The molecule has 0 saturated heterocycles. The highest BCUT2D eigenvalue weighted by Gasteiger charge is 2.15. The van der Waals surface area contributed by atoms with Gasteiger partial charge < -0.3 is 0 Å². The molecule has 0 aliphatic rings. The highest BCUT2D eigenvalue weighted by atomic mass is 79.9. The lowest BCUT2D eigenvalue weighted by molar-refractivity contribution is 0.550. The molecule has 0 amide bonds. The van der Waals surface area contributed by atoms with E-state index in [0.29, 0.717) is 0 Å². The number of benzene rings is 1. The maximum absolute atomic E-state index is 5.73. The Balaban J connectivity index is 2.25. The van der Waals surface area contributed by atoms with Gasteiger partial charge in [-0.1, -0.05) is 31.2 Å². The van der Waals surface area contributed by atoms with E-state index < -0.39 is 0 Å². The van der Waals surface area contributed by atoms with E-state index in [1.807, 2.05) is 0 Å². The van der Waals surface area contributed by atoms with Gasteiger partial charge in [-0.05, 0) is 44.9 Å². The van der Waals surface area contributed by atoms with Gasteiger partial charge in [-0.25, -0.2) is 0 Å². The van der Waals surface area contributed by atoms with Crippen molar-refractivity contribution in [2.45, 2.75) is 25.8 Å². The van der Waals surface area contributed by atoms with Crippen molar-refractivity contribution in [3.63, 3.8) is 0 Å². The summed E-state index contributed by atoms with van der Waals surface area (Å²) in [7, 11) is 0. The number of halogens is 1. The van der Waals surface area contributed by atoms with E-state index in [2.05, 4.69) is 64.0 Å². The van der Waals surface area contributed by atoms with Crippen LogP contribution in [0.25, 0.3) is 0 Å². The van der Waals surface area contributed by atoms with Gasteiger partial charge in [0.2, 0.25) is 0 Å². The van der Waals surface area contributed by atoms with Gasteiger partial charge in [-0.3, -0.25) is 11.3 Å². The van der Waals surface area contributed by atoms with Crippen LogP contribution < -0.4 is 11.3 Å². The van der Waals surface area contributed by atoms with Crippen molar-refractivity contribution in [2.75, 3.05) is 0 Å². The number of nitrogens with two attached hydrogens (primary N) is 1. The molecule has 0 aliphatic heterocycles. The van der Waals surface area contributed by atoms with Crippen LogP contribution in [0.3, 0.4) is 0 Å². The molecule has 0 bridgehead atoms. The fraction of sp³-hybridized carbons (Fsp3) is 0.286. The fourth-order valence-electron chi connectivity index (χ4n) is 2.11. The van der Waals surface area contributed by atoms with E-state index in [1.54, 1.807) is 11.3 Å². The highest BCUT2D eigenvalue weighted by Crippen LogP contribution is 2.29. The minimum absolute atomic E-state index is 0.163. The summed E-state index contributed by atoms with van der Waals surface area (Å²) in [5.41, 5.74) is 5.59. The molecule has 0 saturated carbocycles. The Kier molecular flexibility index (Phi) is 4.95. The van der Waals surface area contributed by atoms with E-state index in [-0.39, 0.29) is 6.04 Å². The molecule has 2 rings (SSSR count). The first kappa shape index (κ1) is 13.7. The summed E-state index contributed by atoms with van der Waals surface area (Å²) in [5.74, 6) is 5.73. The Morgan fingerprint density at radius 3 is 2.72 bits per heavy atom. The summed E-state index contributed by atoms with van der Waals surface area (Å²) in [5, 5.41) is 2.10. The normalized spacial score (nSPS) is 12.6. The summed E-state index contributed by atoms with van der Waals surface area (Å²) in [4.78, 5) is 1.32. The Labute approximate surface area is 120 Å². The second kappa shape index (κ2) is 6.48. The van der Waals surface area contributed by atoms with Crippen molar-refractivity contribution in [1.29, 1.82) is 0 Å². The smallest absolute Gasteiger partial charge is 0.0511 e. The van der Waals surface area contributed by atoms with Crippen molar-refractivity contribution in [2.24, 2.45) is 5.84 Å². The summed E-state index contributed by atoms with van der Waals surface area (Å²) in [6.45, 7) is 2.17. The Morgan fingerprint density at radius 2 is 2.11 bits per heavy atom. The number of thiophene rings is 1. The molecule has 0 fully saturated rings. The minimum Gasteiger partial charge on any atom is -0.271 e. The quantitative estimate of drug-likeness (QED) is 0.648. The predicted octanol–water partition coefficient (Wildman–Crippen LogP) is 3.82. The van der Waals surface area contributed by atoms with E-state index >= 15 is 0 Å². The van der Waals surface area contributed by atoms with Crippen LogP contribution in [-0.2, 0) is 12.8 Å². The molecule has 18 heavy (non-hydrogen) atoms. The van der Waals surface area contributed by atoms with E-state index in [1.165, 1.54) is 20.5 Å². The van der Waals surface area contributed by atoms with Crippen LogP contribution in [0.5, 0.6) is 0 Å². The zero-order valence-electron chi connectivity index (χ0n) is 10.3. The molecule has 4 heteroatoms. The lowest BCUT2D eigenvalue weighted by Crippen LogP contribution is -2.30. The zero-order valence-corrected chi connectivity index (χ0v) is 12.7. The summed E-state index contributed by atoms with van der Waals surface area (Å²) in [6.07, 6.45) is 1.94. The third-order valence-electron chi connectivity index (χ3n) is 3.09. The molecular weight excluding hydrogens is 308 g/mol. The Morgan fingerprint density at radius 1 is 1.33 bits per heavy atom. The van der Waals surface area contributed by atoms with E-state index in [9.17, 15) is 0 Å². The predicted molar refractivity (Wildman–Crippen MR) is 81.6 cm³/mol. The van der Waals surface area contributed by atoms with Crippen molar-refractivity contribution in [3.8, 4) is 0 Å². The molecule has 1 unspecified atom stereocenters. The molecule has 0 spiro atoms. The molecule has 2 aromatic rings. The van der Waals surface area contributed by atoms with Gasteiger partial charge in [-0.2, -0.15) is 0 Å². The molecule has 0 aliphatic carbocycles. The number of aryl methyl sites for hydroxylation is 1. The first-order valence-corrected chi connectivity index (χ1v) is 7.69.